The Hall–Kier alpha value is -1.08. The molecule has 1 aromatic rings. The summed E-state index contributed by atoms with van der Waals surface area (Å²) >= 11 is 18.3. The summed E-state index contributed by atoms with van der Waals surface area (Å²) < 4.78 is 0.250. The van der Waals surface area contributed by atoms with Gasteiger partial charge in [0.05, 0.1) is 4.91 Å². The molecule has 1 aromatic carbocycles. The number of carboxylic acid groups (broad SMARTS) is 1. The fourth-order valence-electron chi connectivity index (χ4n) is 2.27. The van der Waals surface area contributed by atoms with Gasteiger partial charge >= 0.3 is 5.97 Å². The first-order valence-electron chi connectivity index (χ1n) is 7.30. The van der Waals surface area contributed by atoms with Crippen molar-refractivity contribution in [3.63, 3.8) is 0 Å². The number of benzene rings is 1. The molecule has 1 aliphatic heterocycles. The van der Waals surface area contributed by atoms with Crippen molar-refractivity contribution < 1.29 is 14.7 Å². The quantitative estimate of drug-likeness (QED) is 0.543. The lowest BCUT2D eigenvalue weighted by Crippen LogP contribution is -2.43. The van der Waals surface area contributed by atoms with Crippen molar-refractivity contribution in [2.24, 2.45) is 0 Å². The second-order valence-corrected chi connectivity index (χ2v) is 7.73. The number of hydrogen-bond donors (Lipinski definition) is 1. The first kappa shape index (κ1) is 19.2. The average molecular weight is 404 g/mol. The summed E-state index contributed by atoms with van der Waals surface area (Å²) in [5, 5.41) is 10.3. The van der Waals surface area contributed by atoms with Crippen LogP contribution in [0.2, 0.25) is 10.0 Å². The molecule has 1 heterocycles. The lowest BCUT2D eigenvalue weighted by molar-refractivity contribution is -0.145. The summed E-state index contributed by atoms with van der Waals surface area (Å²) in [6.45, 7) is 1.96. The Morgan fingerprint density at radius 1 is 1.46 bits per heavy atom. The van der Waals surface area contributed by atoms with Crippen LogP contribution in [0.3, 0.4) is 0 Å². The van der Waals surface area contributed by atoms with E-state index in [9.17, 15) is 14.7 Å². The molecule has 1 atom stereocenters. The number of hydrogen-bond acceptors (Lipinski definition) is 4. The molecule has 1 amide bonds. The van der Waals surface area contributed by atoms with Crippen LogP contribution in [-0.2, 0) is 9.59 Å². The van der Waals surface area contributed by atoms with Gasteiger partial charge in [0.1, 0.15) is 10.4 Å². The molecular formula is C16H15Cl2NO3S2. The third-order valence-corrected chi connectivity index (χ3v) is 5.39. The topological polar surface area (TPSA) is 57.6 Å². The molecule has 1 N–H and O–H groups in total. The Morgan fingerprint density at radius 2 is 2.17 bits per heavy atom. The van der Waals surface area contributed by atoms with Gasteiger partial charge in [0, 0.05) is 10.0 Å². The minimum absolute atomic E-state index is 0.250. The van der Waals surface area contributed by atoms with Gasteiger partial charge in [-0.3, -0.25) is 9.69 Å². The number of thiocarbonyl (C=S) groups is 1. The van der Waals surface area contributed by atoms with E-state index in [-0.39, 0.29) is 4.32 Å². The van der Waals surface area contributed by atoms with Crippen LogP contribution in [0.4, 0.5) is 0 Å². The van der Waals surface area contributed by atoms with Crippen LogP contribution in [0.1, 0.15) is 31.7 Å². The second-order valence-electron chi connectivity index (χ2n) is 5.21. The maximum atomic E-state index is 12.6. The van der Waals surface area contributed by atoms with Crippen molar-refractivity contribution in [1.29, 1.82) is 0 Å². The van der Waals surface area contributed by atoms with Gasteiger partial charge in [-0.25, -0.2) is 4.79 Å². The van der Waals surface area contributed by atoms with Gasteiger partial charge in [-0.1, -0.05) is 73.0 Å². The van der Waals surface area contributed by atoms with Crippen molar-refractivity contribution in [3.05, 3.63) is 38.7 Å². The fourth-order valence-corrected chi connectivity index (χ4v) is 4.08. The molecule has 24 heavy (non-hydrogen) atoms. The van der Waals surface area contributed by atoms with Crippen LogP contribution in [0, 0.1) is 0 Å². The molecule has 0 spiro atoms. The van der Waals surface area contributed by atoms with Gasteiger partial charge in [0.15, 0.2) is 0 Å². The van der Waals surface area contributed by atoms with E-state index in [1.807, 2.05) is 6.92 Å². The predicted octanol–water partition coefficient (Wildman–Crippen LogP) is 4.84. The van der Waals surface area contributed by atoms with Crippen molar-refractivity contribution in [1.82, 2.24) is 4.90 Å². The Balaban J connectivity index is 2.30. The van der Waals surface area contributed by atoms with E-state index in [1.54, 1.807) is 24.3 Å². The van der Waals surface area contributed by atoms with Gasteiger partial charge < -0.3 is 5.11 Å². The average Bonchev–Trinajstić information content (AvgIpc) is 2.78. The maximum Gasteiger partial charge on any atom is 0.326 e. The molecule has 2 rings (SSSR count). The normalized spacial score (nSPS) is 17.6. The van der Waals surface area contributed by atoms with E-state index in [0.29, 0.717) is 33.4 Å². The molecule has 128 valence electrons. The molecule has 1 saturated heterocycles. The molecule has 0 radical (unpaired) electrons. The molecular weight excluding hydrogens is 389 g/mol. The van der Waals surface area contributed by atoms with Crippen LogP contribution in [0.15, 0.2) is 23.1 Å². The molecule has 0 aliphatic carbocycles. The Labute approximate surface area is 159 Å². The number of carboxylic acids is 1. The van der Waals surface area contributed by atoms with Gasteiger partial charge in [-0.2, -0.15) is 0 Å². The number of aliphatic carboxylic acids is 1. The standard InChI is InChI=1S/C16H15Cl2NO3S2/c1-2-3-4-12(15(21)22)19-14(20)13(24-16(19)23)7-9-5-6-10(17)8-11(9)18/h5-8,12H,2-4H2,1H3,(H,21,22). The molecule has 8 heteroatoms. The molecule has 0 bridgehead atoms. The van der Waals surface area contributed by atoms with Crippen LogP contribution in [-0.4, -0.2) is 32.2 Å². The number of thioether (sulfide) groups is 1. The minimum atomic E-state index is -1.05. The van der Waals surface area contributed by atoms with Crippen molar-refractivity contribution in [2.75, 3.05) is 0 Å². The summed E-state index contributed by atoms with van der Waals surface area (Å²) in [4.78, 5) is 25.7. The number of carbonyl (C=O) groups excluding carboxylic acids is 1. The monoisotopic (exact) mass is 403 g/mol. The highest BCUT2D eigenvalue weighted by atomic mass is 35.5. The van der Waals surface area contributed by atoms with E-state index in [2.05, 4.69) is 0 Å². The summed E-state index contributed by atoms with van der Waals surface area (Å²) in [5.41, 5.74) is 0.627. The van der Waals surface area contributed by atoms with Gasteiger partial charge in [-0.15, -0.1) is 0 Å². The largest absolute Gasteiger partial charge is 0.480 e. The third-order valence-electron chi connectivity index (χ3n) is 3.50. The van der Waals surface area contributed by atoms with Crippen molar-refractivity contribution in [3.8, 4) is 0 Å². The maximum absolute atomic E-state index is 12.6. The van der Waals surface area contributed by atoms with Gasteiger partial charge in [0.25, 0.3) is 5.91 Å². The lowest BCUT2D eigenvalue weighted by atomic mass is 10.1. The summed E-state index contributed by atoms with van der Waals surface area (Å²) in [5.74, 6) is -1.45. The van der Waals surface area contributed by atoms with Gasteiger partial charge in [0.2, 0.25) is 0 Å². The Bertz CT molecular complexity index is 721. The number of amides is 1. The zero-order valence-corrected chi connectivity index (χ0v) is 15.9. The molecule has 0 saturated carbocycles. The number of carbonyl (C=O) groups is 2. The first-order chi connectivity index (χ1) is 11.3. The van der Waals surface area contributed by atoms with Crippen LogP contribution < -0.4 is 0 Å². The second kappa shape index (κ2) is 8.34. The summed E-state index contributed by atoms with van der Waals surface area (Å²) in [7, 11) is 0. The predicted molar refractivity (Wildman–Crippen MR) is 102 cm³/mol. The molecule has 4 nitrogen and oxygen atoms in total. The van der Waals surface area contributed by atoms with Crippen molar-refractivity contribution in [2.45, 2.75) is 32.2 Å². The molecule has 0 aromatic heterocycles. The Morgan fingerprint density at radius 3 is 2.75 bits per heavy atom. The Kier molecular flexibility index (Phi) is 6.69. The number of unbranched alkanes of at least 4 members (excludes halogenated alkanes) is 1. The summed E-state index contributed by atoms with van der Waals surface area (Å²) in [6, 6.07) is 4.01. The highest BCUT2D eigenvalue weighted by molar-refractivity contribution is 8.26. The molecule has 1 aliphatic rings. The smallest absolute Gasteiger partial charge is 0.326 e. The first-order valence-corrected chi connectivity index (χ1v) is 9.28. The van der Waals surface area contributed by atoms with Crippen LogP contribution in [0.25, 0.3) is 6.08 Å². The van der Waals surface area contributed by atoms with E-state index < -0.39 is 17.9 Å². The summed E-state index contributed by atoms with van der Waals surface area (Å²) in [6.07, 6.45) is 3.52. The molecule has 1 unspecified atom stereocenters. The molecule has 1 fully saturated rings. The van der Waals surface area contributed by atoms with E-state index in [4.69, 9.17) is 35.4 Å². The van der Waals surface area contributed by atoms with E-state index in [0.717, 1.165) is 18.2 Å². The zero-order chi connectivity index (χ0) is 17.9. The van der Waals surface area contributed by atoms with E-state index >= 15 is 0 Å². The SMILES string of the molecule is CCCCC(C(=O)O)N1C(=O)C(=Cc2ccc(Cl)cc2Cl)SC1=S. The zero-order valence-electron chi connectivity index (χ0n) is 12.8. The number of halogens is 2. The van der Waals surface area contributed by atoms with E-state index in [1.165, 1.54) is 4.90 Å². The third kappa shape index (κ3) is 4.30. The lowest BCUT2D eigenvalue weighted by Gasteiger charge is -2.22. The fraction of sp³-hybridized carbons (Fsp3) is 0.312. The van der Waals surface area contributed by atoms with Crippen molar-refractivity contribution >= 4 is 69.5 Å². The van der Waals surface area contributed by atoms with Crippen LogP contribution in [0.5, 0.6) is 0 Å². The van der Waals surface area contributed by atoms with Gasteiger partial charge in [-0.05, 0) is 30.2 Å². The number of nitrogens with zero attached hydrogens (tertiary/aromatic N) is 1. The number of rotatable bonds is 6. The highest BCUT2D eigenvalue weighted by Crippen LogP contribution is 2.36. The minimum Gasteiger partial charge on any atom is -0.480 e. The van der Waals surface area contributed by atoms with Crippen LogP contribution >= 0.6 is 47.2 Å². The highest BCUT2D eigenvalue weighted by Gasteiger charge is 2.40.